The van der Waals surface area contributed by atoms with Gasteiger partial charge in [-0.2, -0.15) is 0 Å². The lowest BCUT2D eigenvalue weighted by atomic mass is 10.2. The van der Waals surface area contributed by atoms with Crippen molar-refractivity contribution in [3.05, 3.63) is 28.5 Å². The third kappa shape index (κ3) is 2.68. The second-order valence-electron chi connectivity index (χ2n) is 4.81. The maximum Gasteiger partial charge on any atom is 0.112 e. The molecule has 1 unspecified atom stereocenters. The number of morpholine rings is 1. The van der Waals surface area contributed by atoms with Gasteiger partial charge in [0.25, 0.3) is 0 Å². The molecule has 1 aliphatic rings. The number of benzene rings is 1. The average Bonchev–Trinajstić information content (AvgIpc) is 2.76. The number of hydrogen-bond acceptors (Lipinski definition) is 3. The molecule has 1 aromatic carbocycles. The van der Waals surface area contributed by atoms with E-state index in [4.69, 9.17) is 9.72 Å². The average molecular weight is 324 g/mol. The van der Waals surface area contributed by atoms with Gasteiger partial charge in [-0.15, -0.1) is 0 Å². The molecule has 19 heavy (non-hydrogen) atoms. The van der Waals surface area contributed by atoms with Crippen molar-refractivity contribution in [2.24, 2.45) is 0 Å². The maximum absolute atomic E-state index is 5.78. The van der Waals surface area contributed by atoms with E-state index in [1.165, 1.54) is 5.52 Å². The smallest absolute Gasteiger partial charge is 0.112 e. The third-order valence-electron chi connectivity index (χ3n) is 3.52. The topological polar surface area (TPSA) is 39.1 Å². The Kier molecular flexibility index (Phi) is 3.86. The summed E-state index contributed by atoms with van der Waals surface area (Å²) in [7, 11) is 0. The highest BCUT2D eigenvalue weighted by molar-refractivity contribution is 9.10. The quantitative estimate of drug-likeness (QED) is 0.942. The Morgan fingerprint density at radius 2 is 2.42 bits per heavy atom. The van der Waals surface area contributed by atoms with Crippen molar-refractivity contribution in [3.8, 4) is 0 Å². The van der Waals surface area contributed by atoms with Crippen LogP contribution in [0, 0.1) is 0 Å². The van der Waals surface area contributed by atoms with E-state index in [-0.39, 0.29) is 6.10 Å². The van der Waals surface area contributed by atoms with Crippen LogP contribution in [0.25, 0.3) is 11.0 Å². The molecule has 1 N–H and O–H groups in total. The van der Waals surface area contributed by atoms with Gasteiger partial charge in [-0.3, -0.25) is 0 Å². The van der Waals surface area contributed by atoms with Crippen LogP contribution < -0.4 is 5.32 Å². The first kappa shape index (κ1) is 13.1. The van der Waals surface area contributed by atoms with E-state index >= 15 is 0 Å². The van der Waals surface area contributed by atoms with Crippen LogP contribution in [0.15, 0.2) is 22.7 Å². The highest BCUT2D eigenvalue weighted by Gasteiger charge is 2.18. The van der Waals surface area contributed by atoms with Crippen LogP contribution in [0.4, 0.5) is 0 Å². The van der Waals surface area contributed by atoms with Gasteiger partial charge in [-0.05, 0) is 25.1 Å². The van der Waals surface area contributed by atoms with E-state index in [2.05, 4.69) is 50.9 Å². The van der Waals surface area contributed by atoms with Crippen molar-refractivity contribution in [2.75, 3.05) is 19.7 Å². The molecule has 1 aliphatic heterocycles. The number of nitrogens with one attached hydrogen (secondary N) is 1. The van der Waals surface area contributed by atoms with Crippen LogP contribution in [0.1, 0.15) is 12.7 Å². The number of rotatable bonds is 3. The van der Waals surface area contributed by atoms with Crippen LogP contribution in [0.2, 0.25) is 0 Å². The molecule has 4 nitrogen and oxygen atoms in total. The Balaban J connectivity index is 1.93. The maximum atomic E-state index is 5.78. The van der Waals surface area contributed by atoms with Crippen LogP contribution in [0.3, 0.4) is 0 Å². The number of aromatic nitrogens is 2. The third-order valence-corrected chi connectivity index (χ3v) is 4.01. The lowest BCUT2D eigenvalue weighted by Gasteiger charge is -2.23. The number of fused-ring (bicyclic) bond motifs is 1. The van der Waals surface area contributed by atoms with Crippen molar-refractivity contribution < 1.29 is 4.74 Å². The summed E-state index contributed by atoms with van der Waals surface area (Å²) in [6, 6.07) is 6.27. The summed E-state index contributed by atoms with van der Waals surface area (Å²) in [6.45, 7) is 5.76. The first-order chi connectivity index (χ1) is 9.28. The fourth-order valence-corrected chi connectivity index (χ4v) is 2.96. The van der Waals surface area contributed by atoms with E-state index in [0.29, 0.717) is 0 Å². The molecule has 0 spiro atoms. The van der Waals surface area contributed by atoms with Gasteiger partial charge in [0.1, 0.15) is 5.82 Å². The number of halogens is 1. The second kappa shape index (κ2) is 5.61. The molecule has 2 heterocycles. The zero-order valence-electron chi connectivity index (χ0n) is 11.0. The van der Waals surface area contributed by atoms with Crippen LogP contribution in [-0.4, -0.2) is 35.4 Å². The molecule has 0 saturated carbocycles. The van der Waals surface area contributed by atoms with E-state index in [9.17, 15) is 0 Å². The SMILES string of the molecule is CCn1c(CC2CNCCO2)nc2cc(Br)ccc21. The molecule has 0 aliphatic carbocycles. The highest BCUT2D eigenvalue weighted by atomic mass is 79.9. The summed E-state index contributed by atoms with van der Waals surface area (Å²) in [4.78, 5) is 4.76. The Labute approximate surface area is 121 Å². The number of ether oxygens (including phenoxy) is 1. The number of nitrogens with zero attached hydrogens (tertiary/aromatic N) is 2. The zero-order chi connectivity index (χ0) is 13.2. The minimum absolute atomic E-state index is 0.235. The van der Waals surface area contributed by atoms with Crippen molar-refractivity contribution in [2.45, 2.75) is 26.0 Å². The fourth-order valence-electron chi connectivity index (χ4n) is 2.62. The molecular formula is C14H18BrN3O. The van der Waals surface area contributed by atoms with Crippen molar-refractivity contribution in [1.29, 1.82) is 0 Å². The van der Waals surface area contributed by atoms with Gasteiger partial charge in [-0.25, -0.2) is 4.98 Å². The lowest BCUT2D eigenvalue weighted by Crippen LogP contribution is -2.40. The highest BCUT2D eigenvalue weighted by Crippen LogP contribution is 2.22. The second-order valence-corrected chi connectivity index (χ2v) is 5.72. The summed E-state index contributed by atoms with van der Waals surface area (Å²) in [5, 5.41) is 3.37. The molecule has 1 aromatic heterocycles. The summed E-state index contributed by atoms with van der Waals surface area (Å²) in [5.41, 5.74) is 2.25. The minimum atomic E-state index is 0.235. The molecule has 102 valence electrons. The zero-order valence-corrected chi connectivity index (χ0v) is 12.6. The molecule has 1 saturated heterocycles. The predicted molar refractivity (Wildman–Crippen MR) is 79.4 cm³/mol. The van der Waals surface area contributed by atoms with Crippen molar-refractivity contribution in [3.63, 3.8) is 0 Å². The molecule has 1 atom stereocenters. The summed E-state index contributed by atoms with van der Waals surface area (Å²) < 4.78 is 9.13. The lowest BCUT2D eigenvalue weighted by molar-refractivity contribution is 0.0276. The number of hydrogen-bond donors (Lipinski definition) is 1. The number of aryl methyl sites for hydroxylation is 1. The summed E-state index contributed by atoms with van der Waals surface area (Å²) in [5.74, 6) is 1.12. The summed E-state index contributed by atoms with van der Waals surface area (Å²) >= 11 is 3.50. The van der Waals surface area contributed by atoms with Gasteiger partial charge in [0.2, 0.25) is 0 Å². The van der Waals surface area contributed by atoms with E-state index in [1.54, 1.807) is 0 Å². The molecule has 5 heteroatoms. The largest absolute Gasteiger partial charge is 0.375 e. The molecule has 3 rings (SSSR count). The normalized spacial score (nSPS) is 20.0. The van der Waals surface area contributed by atoms with Crippen molar-refractivity contribution >= 4 is 27.0 Å². The Bertz CT molecular complexity index is 575. The number of imidazole rings is 1. The Morgan fingerprint density at radius 3 is 3.16 bits per heavy atom. The molecule has 1 fully saturated rings. The van der Waals surface area contributed by atoms with Crippen molar-refractivity contribution in [1.82, 2.24) is 14.9 Å². The van der Waals surface area contributed by atoms with E-state index in [1.807, 2.05) is 0 Å². The first-order valence-corrected chi connectivity index (χ1v) is 7.54. The molecule has 0 bridgehead atoms. The Morgan fingerprint density at radius 1 is 1.53 bits per heavy atom. The summed E-state index contributed by atoms with van der Waals surface area (Å²) in [6.07, 6.45) is 1.10. The fraction of sp³-hybridized carbons (Fsp3) is 0.500. The van der Waals surface area contributed by atoms with Gasteiger partial charge in [0.05, 0.1) is 23.7 Å². The first-order valence-electron chi connectivity index (χ1n) is 6.75. The molecular weight excluding hydrogens is 306 g/mol. The Hall–Kier alpha value is -0.910. The van der Waals surface area contributed by atoms with E-state index in [0.717, 1.165) is 48.5 Å². The van der Waals surface area contributed by atoms with Crippen LogP contribution in [0.5, 0.6) is 0 Å². The minimum Gasteiger partial charge on any atom is -0.375 e. The van der Waals surface area contributed by atoms with Gasteiger partial charge < -0.3 is 14.6 Å². The standard InChI is InChI=1S/C14H18BrN3O/c1-2-18-13-4-3-10(15)7-12(13)17-14(18)8-11-9-16-5-6-19-11/h3-4,7,11,16H,2,5-6,8-9H2,1H3. The van der Waals surface area contributed by atoms with Gasteiger partial charge in [0, 0.05) is 30.5 Å². The molecule has 2 aromatic rings. The van der Waals surface area contributed by atoms with Crippen LogP contribution in [-0.2, 0) is 17.7 Å². The monoisotopic (exact) mass is 323 g/mol. The van der Waals surface area contributed by atoms with Gasteiger partial charge in [-0.1, -0.05) is 15.9 Å². The predicted octanol–water partition coefficient (Wildman–Crippen LogP) is 2.35. The molecule has 0 radical (unpaired) electrons. The van der Waals surface area contributed by atoms with Crippen LogP contribution >= 0.6 is 15.9 Å². The van der Waals surface area contributed by atoms with Gasteiger partial charge >= 0.3 is 0 Å². The van der Waals surface area contributed by atoms with Gasteiger partial charge in [0.15, 0.2) is 0 Å². The van der Waals surface area contributed by atoms with E-state index < -0.39 is 0 Å². The molecule has 0 amide bonds.